The normalized spacial score (nSPS) is 18.3. The van der Waals surface area contributed by atoms with E-state index < -0.39 is 0 Å². The average molecular weight is 337 g/mol. The Kier molecular flexibility index (Phi) is 4.92. The van der Waals surface area contributed by atoms with E-state index in [4.69, 9.17) is 9.97 Å². The summed E-state index contributed by atoms with van der Waals surface area (Å²) >= 11 is 0. The molecule has 0 aromatic carbocycles. The van der Waals surface area contributed by atoms with Crippen LogP contribution in [0.15, 0.2) is 24.4 Å². The lowest BCUT2D eigenvalue weighted by Crippen LogP contribution is -2.29. The zero-order valence-corrected chi connectivity index (χ0v) is 15.0. The van der Waals surface area contributed by atoms with Crippen LogP contribution in [0.5, 0.6) is 0 Å². The number of pyridine rings is 1. The smallest absolute Gasteiger partial charge is 0.180 e. The number of hydrogen-bond donors (Lipinski definition) is 1. The molecule has 0 bridgehead atoms. The third-order valence-electron chi connectivity index (χ3n) is 5.21. The highest BCUT2D eigenvalue weighted by Crippen LogP contribution is 2.28. The number of likely N-dealkylation sites (tertiary alicyclic amines) is 1. The van der Waals surface area contributed by atoms with Gasteiger partial charge in [-0.3, -0.25) is 4.98 Å². The molecule has 2 aliphatic rings. The van der Waals surface area contributed by atoms with E-state index in [1.165, 1.54) is 50.2 Å². The van der Waals surface area contributed by atoms with Gasteiger partial charge in [0, 0.05) is 30.5 Å². The van der Waals surface area contributed by atoms with Gasteiger partial charge in [0.25, 0.3) is 0 Å². The lowest BCUT2D eigenvalue weighted by Gasteiger charge is -2.21. The fourth-order valence-corrected chi connectivity index (χ4v) is 3.93. The molecule has 1 fully saturated rings. The monoisotopic (exact) mass is 337 g/mol. The Morgan fingerprint density at radius 1 is 1.12 bits per heavy atom. The largest absolute Gasteiger partial charge is 0.369 e. The molecule has 0 radical (unpaired) electrons. The average Bonchev–Trinajstić information content (AvgIpc) is 3.31. The van der Waals surface area contributed by atoms with Crippen molar-refractivity contribution in [3.8, 4) is 11.5 Å². The zero-order valence-electron chi connectivity index (χ0n) is 15.0. The maximum atomic E-state index is 4.82. The van der Waals surface area contributed by atoms with Crippen LogP contribution < -0.4 is 5.32 Å². The molecule has 0 spiro atoms. The Bertz CT molecular complexity index is 710. The topological polar surface area (TPSA) is 53.9 Å². The van der Waals surface area contributed by atoms with Crippen LogP contribution in [0.25, 0.3) is 11.5 Å². The summed E-state index contributed by atoms with van der Waals surface area (Å²) in [6.07, 6.45) is 7.82. The molecule has 4 rings (SSSR count). The van der Waals surface area contributed by atoms with Crippen LogP contribution in [0.2, 0.25) is 0 Å². The maximum absolute atomic E-state index is 4.82. The molecule has 1 unspecified atom stereocenters. The number of fused-ring (bicyclic) bond motifs is 1. The maximum Gasteiger partial charge on any atom is 0.180 e. The highest BCUT2D eigenvalue weighted by atomic mass is 15.1. The standard InChI is InChI=1S/C20H27N5/c1-15(14-25-11-4-5-12-25)13-22-19-16-7-6-9-17(16)23-20(24-19)18-8-2-3-10-21-18/h2-3,8,10,15H,4-7,9,11-14H2,1H3,(H,22,23,24). The van der Waals surface area contributed by atoms with Gasteiger partial charge in [-0.25, -0.2) is 9.97 Å². The predicted octanol–water partition coefficient (Wildman–Crippen LogP) is 3.17. The number of nitrogens with one attached hydrogen (secondary N) is 1. The molecule has 0 amide bonds. The second-order valence-corrected chi connectivity index (χ2v) is 7.38. The number of hydrogen-bond acceptors (Lipinski definition) is 5. The molecule has 2 aromatic heterocycles. The minimum Gasteiger partial charge on any atom is -0.369 e. The Morgan fingerprint density at radius 3 is 2.80 bits per heavy atom. The van der Waals surface area contributed by atoms with E-state index >= 15 is 0 Å². The summed E-state index contributed by atoms with van der Waals surface area (Å²) in [7, 11) is 0. The molecular weight excluding hydrogens is 310 g/mol. The summed E-state index contributed by atoms with van der Waals surface area (Å²) in [6.45, 7) is 6.98. The van der Waals surface area contributed by atoms with Crippen LogP contribution in [-0.2, 0) is 12.8 Å². The first-order valence-electron chi connectivity index (χ1n) is 9.57. The van der Waals surface area contributed by atoms with Crippen molar-refractivity contribution in [1.29, 1.82) is 0 Å². The fraction of sp³-hybridized carbons (Fsp3) is 0.550. The van der Waals surface area contributed by atoms with Crippen LogP contribution in [0.4, 0.5) is 5.82 Å². The summed E-state index contributed by atoms with van der Waals surface area (Å²) in [5, 5.41) is 3.62. The van der Waals surface area contributed by atoms with E-state index in [1.54, 1.807) is 6.20 Å². The van der Waals surface area contributed by atoms with Crippen molar-refractivity contribution < 1.29 is 0 Å². The number of aryl methyl sites for hydroxylation is 1. The number of rotatable bonds is 6. The van der Waals surface area contributed by atoms with Crippen molar-refractivity contribution >= 4 is 5.82 Å². The van der Waals surface area contributed by atoms with E-state index in [0.29, 0.717) is 5.92 Å². The van der Waals surface area contributed by atoms with Crippen LogP contribution in [0, 0.1) is 5.92 Å². The second kappa shape index (κ2) is 7.48. The molecule has 3 heterocycles. The Hall–Kier alpha value is -2.01. The molecule has 5 heteroatoms. The molecule has 1 atom stereocenters. The van der Waals surface area contributed by atoms with Crippen LogP contribution in [-0.4, -0.2) is 46.0 Å². The van der Waals surface area contributed by atoms with Gasteiger partial charge in [0.2, 0.25) is 0 Å². The Morgan fingerprint density at radius 2 is 2.00 bits per heavy atom. The van der Waals surface area contributed by atoms with Gasteiger partial charge < -0.3 is 10.2 Å². The van der Waals surface area contributed by atoms with Crippen molar-refractivity contribution in [2.45, 2.75) is 39.0 Å². The van der Waals surface area contributed by atoms with Gasteiger partial charge in [0.1, 0.15) is 11.5 Å². The predicted molar refractivity (Wildman–Crippen MR) is 101 cm³/mol. The molecule has 1 saturated heterocycles. The summed E-state index contributed by atoms with van der Waals surface area (Å²) in [6, 6.07) is 5.90. The van der Waals surface area contributed by atoms with Crippen LogP contribution >= 0.6 is 0 Å². The lowest BCUT2D eigenvalue weighted by atomic mass is 10.1. The van der Waals surface area contributed by atoms with Gasteiger partial charge in [-0.1, -0.05) is 13.0 Å². The van der Waals surface area contributed by atoms with Crippen molar-refractivity contribution in [2.24, 2.45) is 5.92 Å². The molecule has 1 aliphatic carbocycles. The van der Waals surface area contributed by atoms with Gasteiger partial charge in [0.05, 0.1) is 0 Å². The molecular formula is C20H27N5. The third kappa shape index (κ3) is 3.82. The fourth-order valence-electron chi connectivity index (χ4n) is 3.93. The molecule has 1 aliphatic heterocycles. The minimum atomic E-state index is 0.614. The molecule has 2 aromatic rings. The Balaban J connectivity index is 1.49. The highest BCUT2D eigenvalue weighted by Gasteiger charge is 2.21. The molecule has 25 heavy (non-hydrogen) atoms. The van der Waals surface area contributed by atoms with Crippen molar-refractivity contribution in [3.63, 3.8) is 0 Å². The summed E-state index contributed by atoms with van der Waals surface area (Å²) < 4.78 is 0. The third-order valence-corrected chi connectivity index (χ3v) is 5.21. The quantitative estimate of drug-likeness (QED) is 0.877. The first kappa shape index (κ1) is 16.5. The first-order chi connectivity index (χ1) is 12.3. The van der Waals surface area contributed by atoms with E-state index in [-0.39, 0.29) is 0 Å². The zero-order chi connectivity index (χ0) is 17.1. The van der Waals surface area contributed by atoms with Gasteiger partial charge >= 0.3 is 0 Å². The van der Waals surface area contributed by atoms with Gasteiger partial charge in [-0.05, 0) is 63.2 Å². The van der Waals surface area contributed by atoms with Crippen LogP contribution in [0.3, 0.4) is 0 Å². The lowest BCUT2D eigenvalue weighted by molar-refractivity contribution is 0.294. The minimum absolute atomic E-state index is 0.614. The van der Waals surface area contributed by atoms with E-state index in [2.05, 4.69) is 22.1 Å². The van der Waals surface area contributed by atoms with E-state index in [1.807, 2.05) is 18.2 Å². The SMILES string of the molecule is CC(CNc1nc(-c2ccccn2)nc2c1CCC2)CN1CCCC1. The van der Waals surface area contributed by atoms with Crippen molar-refractivity contribution in [2.75, 3.05) is 31.5 Å². The number of aromatic nitrogens is 3. The second-order valence-electron chi connectivity index (χ2n) is 7.38. The summed E-state index contributed by atoms with van der Waals surface area (Å²) in [4.78, 5) is 16.6. The Labute approximate surface area is 149 Å². The van der Waals surface area contributed by atoms with Gasteiger partial charge in [-0.15, -0.1) is 0 Å². The molecule has 1 N–H and O–H groups in total. The molecule has 132 valence electrons. The summed E-state index contributed by atoms with van der Waals surface area (Å²) in [5.41, 5.74) is 3.36. The molecule has 5 nitrogen and oxygen atoms in total. The van der Waals surface area contributed by atoms with Crippen LogP contribution in [0.1, 0.15) is 37.4 Å². The van der Waals surface area contributed by atoms with E-state index in [0.717, 1.165) is 36.7 Å². The van der Waals surface area contributed by atoms with Gasteiger partial charge in [0.15, 0.2) is 5.82 Å². The van der Waals surface area contributed by atoms with E-state index in [9.17, 15) is 0 Å². The highest BCUT2D eigenvalue weighted by molar-refractivity contribution is 5.57. The number of nitrogens with zero attached hydrogens (tertiary/aromatic N) is 4. The van der Waals surface area contributed by atoms with Crippen molar-refractivity contribution in [1.82, 2.24) is 19.9 Å². The van der Waals surface area contributed by atoms with Gasteiger partial charge in [-0.2, -0.15) is 0 Å². The summed E-state index contributed by atoms with van der Waals surface area (Å²) in [5.74, 6) is 2.38. The number of anilines is 1. The molecule has 0 saturated carbocycles. The first-order valence-corrected chi connectivity index (χ1v) is 9.57. The van der Waals surface area contributed by atoms with Crippen molar-refractivity contribution in [3.05, 3.63) is 35.7 Å².